The molecule has 0 radical (unpaired) electrons. The molecule has 0 aliphatic rings. The maximum absolute atomic E-state index is 4.76. The van der Waals surface area contributed by atoms with Gasteiger partial charge in [0.15, 0.2) is 0 Å². The summed E-state index contributed by atoms with van der Waals surface area (Å²) >= 11 is 1.86. The smallest absolute Gasteiger partial charge is 0.0705 e. The Labute approximate surface area is 220 Å². The molecule has 2 heterocycles. The zero-order valence-electron chi connectivity index (χ0n) is 20.6. The number of hydrogen-bond donors (Lipinski definition) is 0. The number of pyridine rings is 1. The SMILES string of the molecule is CC(c1ccccc1)c1ccnc(-c2ccc3sc4ccc(-c5cccc6ccccc56)cc4c3c2)c1. The van der Waals surface area contributed by atoms with E-state index < -0.39 is 0 Å². The van der Waals surface area contributed by atoms with Gasteiger partial charge in [0.1, 0.15) is 0 Å². The Hall–Kier alpha value is -4.27. The minimum atomic E-state index is 0.317. The number of benzene rings is 5. The van der Waals surface area contributed by atoms with Crippen LogP contribution in [0.2, 0.25) is 0 Å². The Morgan fingerprint density at radius 1 is 0.568 bits per heavy atom. The van der Waals surface area contributed by atoms with Gasteiger partial charge in [0.2, 0.25) is 0 Å². The van der Waals surface area contributed by atoms with E-state index in [-0.39, 0.29) is 0 Å². The van der Waals surface area contributed by atoms with Crippen molar-refractivity contribution in [3.8, 4) is 22.4 Å². The van der Waals surface area contributed by atoms with Crippen LogP contribution in [0.3, 0.4) is 0 Å². The van der Waals surface area contributed by atoms with E-state index >= 15 is 0 Å². The first-order valence-corrected chi connectivity index (χ1v) is 13.5. The lowest BCUT2D eigenvalue weighted by molar-refractivity contribution is 0.918. The number of hydrogen-bond acceptors (Lipinski definition) is 2. The Morgan fingerprint density at radius 3 is 2.11 bits per heavy atom. The first-order valence-electron chi connectivity index (χ1n) is 12.7. The van der Waals surface area contributed by atoms with Gasteiger partial charge in [-0.25, -0.2) is 0 Å². The van der Waals surface area contributed by atoms with Crippen molar-refractivity contribution in [2.24, 2.45) is 0 Å². The van der Waals surface area contributed by atoms with Gasteiger partial charge in [0.25, 0.3) is 0 Å². The summed E-state index contributed by atoms with van der Waals surface area (Å²) in [5, 5.41) is 5.16. The number of nitrogens with zero attached hydrogens (tertiary/aromatic N) is 1. The zero-order valence-corrected chi connectivity index (χ0v) is 21.4. The summed E-state index contributed by atoms with van der Waals surface area (Å²) in [6, 6.07) is 43.9. The maximum atomic E-state index is 4.76. The fourth-order valence-electron chi connectivity index (χ4n) is 5.39. The molecule has 1 atom stereocenters. The van der Waals surface area contributed by atoms with Gasteiger partial charge in [-0.05, 0) is 69.4 Å². The molecule has 0 aliphatic heterocycles. The molecule has 0 spiro atoms. The van der Waals surface area contributed by atoms with E-state index in [2.05, 4.69) is 128 Å². The van der Waals surface area contributed by atoms with Crippen LogP contribution in [0.4, 0.5) is 0 Å². The highest BCUT2D eigenvalue weighted by Crippen LogP contribution is 2.39. The normalized spacial score (nSPS) is 12.4. The molecule has 0 amide bonds. The summed E-state index contributed by atoms with van der Waals surface area (Å²) in [6.45, 7) is 2.26. The van der Waals surface area contributed by atoms with Gasteiger partial charge < -0.3 is 0 Å². The van der Waals surface area contributed by atoms with Crippen LogP contribution in [0.25, 0.3) is 53.3 Å². The van der Waals surface area contributed by atoms with E-state index in [9.17, 15) is 0 Å². The largest absolute Gasteiger partial charge is 0.256 e. The predicted octanol–water partition coefficient (Wildman–Crippen LogP) is 10.1. The standard InChI is InChI=1S/C35H25NS/c1-23(24-8-3-2-4-9-24)26-18-19-36-33(22-26)28-15-17-35-32(21-28)31-20-27(14-16-34(31)37-35)30-13-7-11-25-10-5-6-12-29(25)30/h2-23H,1H3. The molecular weight excluding hydrogens is 466 g/mol. The van der Waals surface area contributed by atoms with Crippen LogP contribution in [0, 0.1) is 0 Å². The minimum absolute atomic E-state index is 0.317. The van der Waals surface area contributed by atoms with E-state index in [4.69, 9.17) is 4.98 Å². The van der Waals surface area contributed by atoms with Crippen LogP contribution in [0.5, 0.6) is 0 Å². The quantitative estimate of drug-likeness (QED) is 0.239. The van der Waals surface area contributed by atoms with Crippen LogP contribution >= 0.6 is 11.3 Å². The van der Waals surface area contributed by atoms with Crippen molar-refractivity contribution in [1.82, 2.24) is 4.98 Å². The van der Waals surface area contributed by atoms with E-state index in [0.29, 0.717) is 5.92 Å². The number of aromatic nitrogens is 1. The van der Waals surface area contributed by atoms with E-state index in [0.717, 1.165) is 11.3 Å². The summed E-state index contributed by atoms with van der Waals surface area (Å²) < 4.78 is 2.62. The zero-order chi connectivity index (χ0) is 24.8. The van der Waals surface area contributed by atoms with Crippen molar-refractivity contribution < 1.29 is 0 Å². The molecule has 7 aromatic rings. The predicted molar refractivity (Wildman–Crippen MR) is 159 cm³/mol. The third-order valence-electron chi connectivity index (χ3n) is 7.45. The number of fused-ring (bicyclic) bond motifs is 4. The van der Waals surface area contributed by atoms with Crippen molar-refractivity contribution >= 4 is 42.3 Å². The molecule has 7 rings (SSSR count). The molecule has 1 unspecified atom stereocenters. The van der Waals surface area contributed by atoms with E-state index in [1.165, 1.54) is 53.2 Å². The second-order valence-corrected chi connectivity index (χ2v) is 10.7. The molecule has 0 aliphatic carbocycles. The summed E-state index contributed by atoms with van der Waals surface area (Å²) in [5.74, 6) is 0.317. The van der Waals surface area contributed by atoms with Gasteiger partial charge in [-0.3, -0.25) is 4.98 Å². The molecule has 176 valence electrons. The van der Waals surface area contributed by atoms with Crippen molar-refractivity contribution in [2.75, 3.05) is 0 Å². The van der Waals surface area contributed by atoms with Gasteiger partial charge >= 0.3 is 0 Å². The second kappa shape index (κ2) is 8.99. The molecule has 37 heavy (non-hydrogen) atoms. The highest BCUT2D eigenvalue weighted by atomic mass is 32.1. The number of rotatable bonds is 4. The van der Waals surface area contributed by atoms with E-state index in [1.807, 2.05) is 17.5 Å². The highest BCUT2D eigenvalue weighted by molar-refractivity contribution is 7.25. The summed E-state index contributed by atoms with van der Waals surface area (Å²) in [7, 11) is 0. The topological polar surface area (TPSA) is 12.9 Å². The first-order chi connectivity index (χ1) is 18.2. The maximum Gasteiger partial charge on any atom is 0.0705 e. The highest BCUT2D eigenvalue weighted by Gasteiger charge is 2.13. The molecule has 0 fully saturated rings. The van der Waals surface area contributed by atoms with Crippen LogP contribution in [-0.2, 0) is 0 Å². The molecule has 2 heteroatoms. The van der Waals surface area contributed by atoms with Crippen LogP contribution in [0.1, 0.15) is 24.0 Å². The van der Waals surface area contributed by atoms with Gasteiger partial charge in [-0.2, -0.15) is 0 Å². The molecule has 0 saturated carbocycles. The third-order valence-corrected chi connectivity index (χ3v) is 8.60. The monoisotopic (exact) mass is 491 g/mol. The van der Waals surface area contributed by atoms with Crippen LogP contribution < -0.4 is 0 Å². The lowest BCUT2D eigenvalue weighted by Gasteiger charge is -2.13. The molecule has 5 aromatic carbocycles. The van der Waals surface area contributed by atoms with Crippen molar-refractivity contribution in [1.29, 1.82) is 0 Å². The lowest BCUT2D eigenvalue weighted by Crippen LogP contribution is -1.97. The molecule has 0 saturated heterocycles. The summed E-state index contributed by atoms with van der Waals surface area (Å²) in [4.78, 5) is 4.76. The van der Waals surface area contributed by atoms with Gasteiger partial charge in [-0.15, -0.1) is 11.3 Å². The van der Waals surface area contributed by atoms with Crippen LogP contribution in [0.15, 0.2) is 128 Å². The Bertz CT molecular complexity index is 1890. The van der Waals surface area contributed by atoms with Gasteiger partial charge in [0, 0.05) is 37.9 Å². The Kier molecular flexibility index (Phi) is 5.34. The second-order valence-electron chi connectivity index (χ2n) is 9.66. The Morgan fingerprint density at radius 2 is 1.27 bits per heavy atom. The number of thiophene rings is 1. The van der Waals surface area contributed by atoms with E-state index in [1.54, 1.807) is 0 Å². The third kappa shape index (κ3) is 3.91. The van der Waals surface area contributed by atoms with Gasteiger partial charge in [0.05, 0.1) is 5.69 Å². The molecule has 2 aromatic heterocycles. The fourth-order valence-corrected chi connectivity index (χ4v) is 6.46. The Balaban J connectivity index is 1.33. The first kappa shape index (κ1) is 22.0. The fraction of sp³-hybridized carbons (Fsp3) is 0.0571. The van der Waals surface area contributed by atoms with Crippen LogP contribution in [-0.4, -0.2) is 4.98 Å². The molecular formula is C35H25NS. The summed E-state index contributed by atoms with van der Waals surface area (Å²) in [6.07, 6.45) is 1.94. The lowest BCUT2D eigenvalue weighted by atomic mass is 9.92. The summed E-state index contributed by atoms with van der Waals surface area (Å²) in [5.41, 5.74) is 7.31. The molecule has 0 bridgehead atoms. The molecule has 0 N–H and O–H groups in total. The molecule has 1 nitrogen and oxygen atoms in total. The minimum Gasteiger partial charge on any atom is -0.256 e. The van der Waals surface area contributed by atoms with Crippen molar-refractivity contribution in [3.05, 3.63) is 139 Å². The van der Waals surface area contributed by atoms with Gasteiger partial charge in [-0.1, -0.05) is 91.9 Å². The van der Waals surface area contributed by atoms with Crippen molar-refractivity contribution in [3.63, 3.8) is 0 Å². The average Bonchev–Trinajstić information content (AvgIpc) is 3.34. The average molecular weight is 492 g/mol. The van der Waals surface area contributed by atoms with Crippen molar-refractivity contribution in [2.45, 2.75) is 12.8 Å².